The summed E-state index contributed by atoms with van der Waals surface area (Å²) in [4.78, 5) is 12.2. The highest BCUT2D eigenvalue weighted by atomic mass is 16.5. The minimum absolute atomic E-state index is 0.0420. The van der Waals surface area contributed by atoms with Gasteiger partial charge in [0.2, 0.25) is 5.91 Å². The molecule has 2 N–H and O–H groups in total. The van der Waals surface area contributed by atoms with E-state index >= 15 is 0 Å². The summed E-state index contributed by atoms with van der Waals surface area (Å²) in [6.45, 7) is 0. The van der Waals surface area contributed by atoms with Crippen molar-refractivity contribution < 1.29 is 9.32 Å². The first-order valence-corrected chi connectivity index (χ1v) is 7.66. The molecule has 1 aromatic heterocycles. The monoisotopic (exact) mass is 285 g/mol. The van der Waals surface area contributed by atoms with E-state index in [1.54, 1.807) is 0 Å². The lowest BCUT2D eigenvalue weighted by molar-refractivity contribution is -0.121. The second-order valence-corrected chi connectivity index (χ2v) is 6.18. The Hall–Kier alpha value is -1.88. The SMILES string of the molecule is O=C(Cc1noc2ccccc12)NC1CC2CCC(C1)N2. The molecule has 2 aliphatic heterocycles. The maximum atomic E-state index is 12.2. The molecule has 110 valence electrons. The van der Waals surface area contributed by atoms with Gasteiger partial charge in [-0.15, -0.1) is 0 Å². The third-order valence-corrected chi connectivity index (χ3v) is 4.62. The normalized spacial score (nSPS) is 27.9. The van der Waals surface area contributed by atoms with E-state index in [0.717, 1.165) is 29.5 Å². The average molecular weight is 285 g/mol. The number of hydrogen-bond donors (Lipinski definition) is 2. The zero-order chi connectivity index (χ0) is 14.2. The molecule has 2 unspecified atom stereocenters. The quantitative estimate of drug-likeness (QED) is 0.902. The first-order valence-electron chi connectivity index (χ1n) is 7.66. The maximum Gasteiger partial charge on any atom is 0.226 e. The molecule has 2 aromatic rings. The second-order valence-electron chi connectivity index (χ2n) is 6.18. The number of fused-ring (bicyclic) bond motifs is 3. The number of nitrogens with zero attached hydrogens (tertiary/aromatic N) is 1. The topological polar surface area (TPSA) is 67.2 Å². The van der Waals surface area contributed by atoms with E-state index in [1.165, 1.54) is 12.8 Å². The van der Waals surface area contributed by atoms with Gasteiger partial charge in [-0.1, -0.05) is 17.3 Å². The summed E-state index contributed by atoms with van der Waals surface area (Å²) >= 11 is 0. The fraction of sp³-hybridized carbons (Fsp3) is 0.500. The van der Waals surface area contributed by atoms with Crippen molar-refractivity contribution in [2.75, 3.05) is 0 Å². The van der Waals surface area contributed by atoms with Crippen LogP contribution in [0.4, 0.5) is 0 Å². The van der Waals surface area contributed by atoms with Gasteiger partial charge in [0.1, 0.15) is 5.69 Å². The van der Waals surface area contributed by atoms with E-state index in [1.807, 2.05) is 24.3 Å². The van der Waals surface area contributed by atoms with Gasteiger partial charge >= 0.3 is 0 Å². The maximum absolute atomic E-state index is 12.2. The Morgan fingerprint density at radius 3 is 2.86 bits per heavy atom. The summed E-state index contributed by atoms with van der Waals surface area (Å²) in [5.74, 6) is 0.0420. The summed E-state index contributed by atoms with van der Waals surface area (Å²) < 4.78 is 5.24. The number of piperidine rings is 1. The van der Waals surface area contributed by atoms with Gasteiger partial charge in [-0.3, -0.25) is 4.79 Å². The van der Waals surface area contributed by atoms with Crippen molar-refractivity contribution in [1.29, 1.82) is 0 Å². The van der Waals surface area contributed by atoms with E-state index in [0.29, 0.717) is 18.1 Å². The fourth-order valence-electron chi connectivity index (χ4n) is 3.67. The highest BCUT2D eigenvalue weighted by Gasteiger charge is 2.34. The Balaban J connectivity index is 1.42. The molecule has 2 fully saturated rings. The molecule has 2 aliphatic rings. The van der Waals surface area contributed by atoms with Gasteiger partial charge in [0.25, 0.3) is 0 Å². The number of aromatic nitrogens is 1. The van der Waals surface area contributed by atoms with Crippen LogP contribution < -0.4 is 10.6 Å². The van der Waals surface area contributed by atoms with E-state index in [-0.39, 0.29) is 12.3 Å². The molecule has 0 spiro atoms. The van der Waals surface area contributed by atoms with Gasteiger partial charge in [-0.05, 0) is 37.8 Å². The van der Waals surface area contributed by atoms with Crippen LogP contribution >= 0.6 is 0 Å². The first-order chi connectivity index (χ1) is 10.3. The molecule has 0 saturated carbocycles. The lowest BCUT2D eigenvalue weighted by Crippen LogP contribution is -2.48. The number of rotatable bonds is 3. The highest BCUT2D eigenvalue weighted by Crippen LogP contribution is 2.27. The smallest absolute Gasteiger partial charge is 0.226 e. The van der Waals surface area contributed by atoms with Crippen LogP contribution in [0.2, 0.25) is 0 Å². The average Bonchev–Trinajstić information content (AvgIpc) is 3.03. The van der Waals surface area contributed by atoms with Crippen LogP contribution in [0, 0.1) is 0 Å². The Labute approximate surface area is 123 Å². The van der Waals surface area contributed by atoms with Gasteiger partial charge in [-0.25, -0.2) is 0 Å². The van der Waals surface area contributed by atoms with Crippen LogP contribution in [0.1, 0.15) is 31.4 Å². The minimum atomic E-state index is 0.0420. The highest BCUT2D eigenvalue weighted by molar-refractivity contribution is 5.86. The Morgan fingerprint density at radius 2 is 2.05 bits per heavy atom. The Kier molecular flexibility index (Phi) is 3.15. The third-order valence-electron chi connectivity index (χ3n) is 4.62. The van der Waals surface area contributed by atoms with Crippen molar-refractivity contribution in [1.82, 2.24) is 15.8 Å². The molecular weight excluding hydrogens is 266 g/mol. The number of carbonyl (C=O) groups is 1. The molecule has 21 heavy (non-hydrogen) atoms. The third kappa shape index (κ3) is 2.53. The molecule has 5 heteroatoms. The van der Waals surface area contributed by atoms with Gasteiger partial charge < -0.3 is 15.2 Å². The summed E-state index contributed by atoms with van der Waals surface area (Å²) in [7, 11) is 0. The van der Waals surface area contributed by atoms with Crippen molar-refractivity contribution in [2.24, 2.45) is 0 Å². The predicted octanol–water partition coefficient (Wildman–Crippen LogP) is 1.77. The van der Waals surface area contributed by atoms with Crippen molar-refractivity contribution in [2.45, 2.75) is 50.2 Å². The molecule has 2 atom stereocenters. The van der Waals surface area contributed by atoms with E-state index in [2.05, 4.69) is 15.8 Å². The molecule has 2 bridgehead atoms. The molecule has 1 amide bonds. The van der Waals surface area contributed by atoms with Crippen molar-refractivity contribution in [3.05, 3.63) is 30.0 Å². The predicted molar refractivity (Wildman–Crippen MR) is 78.8 cm³/mol. The zero-order valence-electron chi connectivity index (χ0n) is 11.8. The van der Waals surface area contributed by atoms with Crippen LogP contribution in [-0.4, -0.2) is 29.2 Å². The van der Waals surface area contributed by atoms with Gasteiger partial charge in [0.15, 0.2) is 5.58 Å². The van der Waals surface area contributed by atoms with E-state index < -0.39 is 0 Å². The van der Waals surface area contributed by atoms with Crippen molar-refractivity contribution >= 4 is 16.9 Å². The molecule has 0 aliphatic carbocycles. The molecule has 4 rings (SSSR count). The number of hydrogen-bond acceptors (Lipinski definition) is 4. The van der Waals surface area contributed by atoms with E-state index in [4.69, 9.17) is 4.52 Å². The molecule has 0 radical (unpaired) electrons. The lowest BCUT2D eigenvalue weighted by atomic mass is 9.99. The lowest BCUT2D eigenvalue weighted by Gasteiger charge is -2.29. The summed E-state index contributed by atoms with van der Waals surface area (Å²) in [5, 5.41) is 11.7. The molecular formula is C16H19N3O2. The summed E-state index contributed by atoms with van der Waals surface area (Å²) in [6.07, 6.45) is 4.86. The number of benzene rings is 1. The molecule has 3 heterocycles. The van der Waals surface area contributed by atoms with Crippen molar-refractivity contribution in [3.8, 4) is 0 Å². The van der Waals surface area contributed by atoms with Gasteiger partial charge in [0.05, 0.1) is 6.42 Å². The molecule has 5 nitrogen and oxygen atoms in total. The summed E-state index contributed by atoms with van der Waals surface area (Å²) in [5.41, 5.74) is 1.46. The van der Waals surface area contributed by atoms with Crippen LogP contribution in [0.15, 0.2) is 28.8 Å². The molecule has 2 saturated heterocycles. The second kappa shape index (κ2) is 5.15. The van der Waals surface area contributed by atoms with Gasteiger partial charge in [-0.2, -0.15) is 0 Å². The minimum Gasteiger partial charge on any atom is -0.356 e. The van der Waals surface area contributed by atoms with Gasteiger partial charge in [0, 0.05) is 23.5 Å². The number of amides is 1. The fourth-order valence-corrected chi connectivity index (χ4v) is 3.67. The Morgan fingerprint density at radius 1 is 1.29 bits per heavy atom. The number of nitrogens with one attached hydrogen (secondary N) is 2. The van der Waals surface area contributed by atoms with Crippen molar-refractivity contribution in [3.63, 3.8) is 0 Å². The largest absolute Gasteiger partial charge is 0.356 e. The molecule has 1 aromatic carbocycles. The zero-order valence-corrected chi connectivity index (χ0v) is 11.8. The van der Waals surface area contributed by atoms with Crippen LogP contribution in [0.3, 0.4) is 0 Å². The van der Waals surface area contributed by atoms with E-state index in [9.17, 15) is 4.79 Å². The Bertz CT molecular complexity index is 654. The standard InChI is InChI=1S/C16H19N3O2/c20-16(18-12-7-10-5-6-11(8-12)17-10)9-14-13-3-1-2-4-15(13)21-19-14/h1-4,10-12,17H,5-9H2,(H,18,20). The van der Waals surface area contributed by atoms with Crippen LogP contribution in [-0.2, 0) is 11.2 Å². The van der Waals surface area contributed by atoms with Crippen LogP contribution in [0.5, 0.6) is 0 Å². The van der Waals surface area contributed by atoms with Crippen LogP contribution in [0.25, 0.3) is 11.0 Å². The first kappa shape index (κ1) is 12.8. The number of carbonyl (C=O) groups excluding carboxylic acids is 1. The number of para-hydroxylation sites is 1. The summed E-state index contributed by atoms with van der Waals surface area (Å²) in [6, 6.07) is 9.12.